The molecule has 1 heterocycles. The quantitative estimate of drug-likeness (QED) is 0.545. The maximum absolute atomic E-state index is 6.02. The van der Waals surface area contributed by atoms with Gasteiger partial charge < -0.3 is 0 Å². The van der Waals surface area contributed by atoms with E-state index in [0.29, 0.717) is 20.6 Å². The van der Waals surface area contributed by atoms with Gasteiger partial charge in [-0.3, -0.25) is 0 Å². The van der Waals surface area contributed by atoms with Gasteiger partial charge in [-0.2, -0.15) is 14.9 Å². The summed E-state index contributed by atoms with van der Waals surface area (Å²) in [6.45, 7) is 0. The highest BCUT2D eigenvalue weighted by Gasteiger charge is 2.08. The molecule has 0 radical (unpaired) electrons. The fourth-order valence-electron chi connectivity index (χ4n) is 1.89. The summed E-state index contributed by atoms with van der Waals surface area (Å²) in [5, 5.41) is 12.6. The van der Waals surface area contributed by atoms with Gasteiger partial charge in [0.25, 0.3) is 0 Å². The second kappa shape index (κ2) is 6.44. The van der Waals surface area contributed by atoms with Gasteiger partial charge in [0.1, 0.15) is 0 Å². The molecule has 0 bridgehead atoms. The van der Waals surface area contributed by atoms with Crippen molar-refractivity contribution in [2.45, 2.75) is 0 Å². The number of H-pyrrole nitrogens is 1. The van der Waals surface area contributed by atoms with E-state index in [0.717, 1.165) is 11.1 Å². The fraction of sp³-hybridized carbons (Fsp3) is 0. The Morgan fingerprint density at radius 1 is 1.09 bits per heavy atom. The van der Waals surface area contributed by atoms with Crippen molar-refractivity contribution in [2.24, 2.45) is 5.10 Å². The summed E-state index contributed by atoms with van der Waals surface area (Å²) in [5.41, 5.74) is 1.73. The molecule has 0 spiro atoms. The summed E-state index contributed by atoms with van der Waals surface area (Å²) < 4.78 is 1.95. The van der Waals surface area contributed by atoms with E-state index in [4.69, 9.17) is 35.4 Å². The molecule has 3 aromatic rings. The lowest BCUT2D eigenvalue weighted by Crippen LogP contribution is -1.95. The van der Waals surface area contributed by atoms with Crippen molar-refractivity contribution >= 4 is 41.6 Å². The lowest BCUT2D eigenvalue weighted by atomic mass is 10.2. The van der Waals surface area contributed by atoms with E-state index in [1.165, 1.54) is 0 Å². The zero-order valence-corrected chi connectivity index (χ0v) is 13.5. The van der Waals surface area contributed by atoms with Crippen molar-refractivity contribution in [3.63, 3.8) is 0 Å². The summed E-state index contributed by atoms with van der Waals surface area (Å²) in [7, 11) is 0. The lowest BCUT2D eigenvalue weighted by Gasteiger charge is -2.01. The molecule has 0 saturated carbocycles. The monoisotopic (exact) mass is 348 g/mol. The van der Waals surface area contributed by atoms with Crippen molar-refractivity contribution in [1.29, 1.82) is 0 Å². The molecule has 3 rings (SSSR count). The van der Waals surface area contributed by atoms with E-state index in [1.807, 2.05) is 24.3 Å². The average molecular weight is 349 g/mol. The van der Waals surface area contributed by atoms with Crippen LogP contribution >= 0.6 is 35.4 Å². The van der Waals surface area contributed by atoms with Crippen LogP contribution in [-0.4, -0.2) is 21.1 Å². The number of nitrogens with zero attached hydrogens (tertiary/aromatic N) is 3. The van der Waals surface area contributed by atoms with Crippen molar-refractivity contribution < 1.29 is 0 Å². The van der Waals surface area contributed by atoms with Crippen LogP contribution in [0.3, 0.4) is 0 Å². The predicted octanol–water partition coefficient (Wildman–Crippen LogP) is 4.80. The van der Waals surface area contributed by atoms with E-state index in [2.05, 4.69) is 15.3 Å². The second-order valence-electron chi connectivity index (χ2n) is 4.47. The van der Waals surface area contributed by atoms with Gasteiger partial charge in [0.2, 0.25) is 4.77 Å². The molecule has 1 N–H and O–H groups in total. The van der Waals surface area contributed by atoms with Gasteiger partial charge in [-0.25, -0.2) is 5.10 Å². The third-order valence-electron chi connectivity index (χ3n) is 2.93. The van der Waals surface area contributed by atoms with E-state index < -0.39 is 0 Å². The van der Waals surface area contributed by atoms with E-state index >= 15 is 0 Å². The maximum atomic E-state index is 6.02. The Labute approximate surface area is 142 Å². The lowest BCUT2D eigenvalue weighted by molar-refractivity contribution is 0.871. The third-order valence-corrected chi connectivity index (χ3v) is 3.68. The van der Waals surface area contributed by atoms with Gasteiger partial charge in [-0.15, -0.1) is 0 Å². The number of rotatable bonds is 3. The number of nitrogens with one attached hydrogen (secondary N) is 1. The Balaban J connectivity index is 1.99. The smallest absolute Gasteiger partial charge is 0.216 e. The minimum atomic E-state index is 0.403. The number of benzene rings is 2. The normalized spacial score (nSPS) is 11.2. The van der Waals surface area contributed by atoms with Crippen LogP contribution in [0.1, 0.15) is 5.56 Å². The molecule has 0 saturated heterocycles. The summed E-state index contributed by atoms with van der Waals surface area (Å²) in [6, 6.07) is 14.7. The molecular weight excluding hydrogens is 339 g/mol. The van der Waals surface area contributed by atoms with E-state index in [9.17, 15) is 0 Å². The fourth-order valence-corrected chi connectivity index (χ4v) is 2.38. The Morgan fingerprint density at radius 3 is 2.59 bits per heavy atom. The molecular formula is C15H10Cl2N4S. The van der Waals surface area contributed by atoms with Crippen LogP contribution in [0.25, 0.3) is 11.4 Å². The highest BCUT2D eigenvalue weighted by Crippen LogP contribution is 2.21. The number of hydrogen-bond donors (Lipinski definition) is 1. The van der Waals surface area contributed by atoms with Crippen LogP contribution in [0.5, 0.6) is 0 Å². The number of aromatic nitrogens is 3. The highest BCUT2D eigenvalue weighted by atomic mass is 35.5. The van der Waals surface area contributed by atoms with Gasteiger partial charge in [0, 0.05) is 15.6 Å². The van der Waals surface area contributed by atoms with Gasteiger partial charge in [-0.05, 0) is 42.0 Å². The molecule has 1 aromatic heterocycles. The largest absolute Gasteiger partial charge is 0.250 e. The van der Waals surface area contributed by atoms with Crippen LogP contribution in [0.4, 0.5) is 0 Å². The minimum absolute atomic E-state index is 0.403. The number of aromatic amines is 1. The SMILES string of the molecule is S=c1[nH]nc(-c2cccc(Cl)c2)n1N=Cc1ccc(Cl)cc1. The Morgan fingerprint density at radius 2 is 1.86 bits per heavy atom. The van der Waals surface area contributed by atoms with Crippen LogP contribution in [0, 0.1) is 4.77 Å². The molecule has 0 amide bonds. The Bertz CT molecular complexity index is 881. The van der Waals surface area contributed by atoms with Crippen LogP contribution in [0.15, 0.2) is 53.6 Å². The van der Waals surface area contributed by atoms with Gasteiger partial charge in [0.15, 0.2) is 5.82 Å². The number of hydrogen-bond acceptors (Lipinski definition) is 3. The Hall–Kier alpha value is -1.95. The predicted molar refractivity (Wildman–Crippen MR) is 92.3 cm³/mol. The number of halogens is 2. The van der Waals surface area contributed by atoms with Gasteiger partial charge in [-0.1, -0.05) is 47.5 Å². The zero-order valence-electron chi connectivity index (χ0n) is 11.2. The van der Waals surface area contributed by atoms with Gasteiger partial charge in [0.05, 0.1) is 6.21 Å². The third kappa shape index (κ3) is 3.27. The molecule has 110 valence electrons. The summed E-state index contributed by atoms with van der Waals surface area (Å²) in [4.78, 5) is 0. The van der Waals surface area contributed by atoms with Crippen LogP contribution < -0.4 is 0 Å². The summed E-state index contributed by atoms with van der Waals surface area (Å²) >= 11 is 17.1. The molecule has 7 heteroatoms. The zero-order chi connectivity index (χ0) is 15.5. The van der Waals surface area contributed by atoms with Crippen molar-refractivity contribution in [3.8, 4) is 11.4 Å². The molecule has 0 atom stereocenters. The summed E-state index contributed by atoms with van der Waals surface area (Å²) in [6.07, 6.45) is 1.69. The second-order valence-corrected chi connectivity index (χ2v) is 5.73. The molecule has 0 aliphatic rings. The molecule has 22 heavy (non-hydrogen) atoms. The van der Waals surface area contributed by atoms with Crippen LogP contribution in [-0.2, 0) is 0 Å². The highest BCUT2D eigenvalue weighted by molar-refractivity contribution is 7.71. The van der Waals surface area contributed by atoms with E-state index in [-0.39, 0.29) is 0 Å². The maximum Gasteiger partial charge on any atom is 0.216 e. The topological polar surface area (TPSA) is 46.0 Å². The van der Waals surface area contributed by atoms with Crippen LogP contribution in [0.2, 0.25) is 10.0 Å². The first kappa shape index (κ1) is 15.0. The molecule has 0 unspecified atom stereocenters. The standard InChI is InChI=1S/C15H10Cl2N4S/c16-12-6-4-10(5-7-12)9-18-21-14(19-20-15(21)22)11-2-1-3-13(17)8-11/h1-9H,(H,20,22). The Kier molecular flexibility index (Phi) is 4.38. The molecule has 0 fully saturated rings. The summed E-state index contributed by atoms with van der Waals surface area (Å²) in [5.74, 6) is 0.595. The van der Waals surface area contributed by atoms with Crippen molar-refractivity contribution in [2.75, 3.05) is 0 Å². The first-order valence-corrected chi connectivity index (χ1v) is 7.53. The molecule has 2 aromatic carbocycles. The van der Waals surface area contributed by atoms with Crippen molar-refractivity contribution in [1.82, 2.24) is 14.9 Å². The molecule has 0 aliphatic carbocycles. The average Bonchev–Trinajstić information content (AvgIpc) is 2.88. The molecule has 4 nitrogen and oxygen atoms in total. The van der Waals surface area contributed by atoms with E-state index in [1.54, 1.807) is 35.2 Å². The first-order chi connectivity index (χ1) is 10.6. The first-order valence-electron chi connectivity index (χ1n) is 6.37. The molecule has 0 aliphatic heterocycles. The minimum Gasteiger partial charge on any atom is -0.250 e. The van der Waals surface area contributed by atoms with Gasteiger partial charge >= 0.3 is 0 Å². The van der Waals surface area contributed by atoms with Crippen molar-refractivity contribution in [3.05, 3.63) is 68.9 Å².